The van der Waals surface area contributed by atoms with Gasteiger partial charge >= 0.3 is 0 Å². The summed E-state index contributed by atoms with van der Waals surface area (Å²) in [5, 5.41) is 0. The van der Waals surface area contributed by atoms with Crippen molar-refractivity contribution in [3.63, 3.8) is 0 Å². The van der Waals surface area contributed by atoms with E-state index in [4.69, 9.17) is 15.2 Å². The molecule has 0 aromatic heterocycles. The standard InChI is InChI=1S/C14H20FNO2/c1-9(16)10-7-12-13(18-6-4-5-17-12)8-11(10)14(2,3)15/h7-9H,4-6,16H2,1-3H3. The molecule has 0 spiro atoms. The average Bonchev–Trinajstić information content (AvgIpc) is 2.50. The molecule has 0 aliphatic carbocycles. The first-order valence-electron chi connectivity index (χ1n) is 6.28. The van der Waals surface area contributed by atoms with Gasteiger partial charge in [-0.15, -0.1) is 0 Å². The topological polar surface area (TPSA) is 44.5 Å². The summed E-state index contributed by atoms with van der Waals surface area (Å²) in [7, 11) is 0. The summed E-state index contributed by atoms with van der Waals surface area (Å²) in [6, 6.07) is 3.29. The van der Waals surface area contributed by atoms with Gasteiger partial charge in [0.25, 0.3) is 0 Å². The Bertz CT molecular complexity index is 438. The minimum Gasteiger partial charge on any atom is -0.490 e. The van der Waals surface area contributed by atoms with Crippen molar-refractivity contribution in [2.75, 3.05) is 13.2 Å². The van der Waals surface area contributed by atoms with Crippen molar-refractivity contribution < 1.29 is 13.9 Å². The van der Waals surface area contributed by atoms with Crippen molar-refractivity contribution >= 4 is 0 Å². The number of alkyl halides is 1. The fourth-order valence-corrected chi connectivity index (χ4v) is 2.12. The normalized spacial score (nSPS) is 17.2. The molecule has 1 atom stereocenters. The SMILES string of the molecule is CC(N)c1cc2c(cc1C(C)(C)F)OCCCO2. The number of hydrogen-bond donors (Lipinski definition) is 1. The van der Waals surface area contributed by atoms with E-state index >= 15 is 0 Å². The Labute approximate surface area is 107 Å². The third-order valence-electron chi connectivity index (χ3n) is 3.05. The van der Waals surface area contributed by atoms with Crippen LogP contribution in [0.1, 0.15) is 44.4 Å². The van der Waals surface area contributed by atoms with Gasteiger partial charge in [0.15, 0.2) is 11.5 Å². The van der Waals surface area contributed by atoms with Crippen LogP contribution >= 0.6 is 0 Å². The van der Waals surface area contributed by atoms with Gasteiger partial charge in [-0.05, 0) is 44.0 Å². The van der Waals surface area contributed by atoms with Crippen molar-refractivity contribution in [3.8, 4) is 11.5 Å². The van der Waals surface area contributed by atoms with E-state index in [0.29, 0.717) is 30.3 Å². The van der Waals surface area contributed by atoms with Crippen LogP contribution in [0, 0.1) is 0 Å². The van der Waals surface area contributed by atoms with E-state index in [-0.39, 0.29) is 6.04 Å². The van der Waals surface area contributed by atoms with E-state index in [1.54, 1.807) is 6.07 Å². The van der Waals surface area contributed by atoms with Crippen molar-refractivity contribution in [1.29, 1.82) is 0 Å². The minimum atomic E-state index is -1.45. The van der Waals surface area contributed by atoms with Crippen LogP contribution in [0.3, 0.4) is 0 Å². The molecule has 0 radical (unpaired) electrons. The second-order valence-electron chi connectivity index (χ2n) is 5.20. The van der Waals surface area contributed by atoms with Crippen LogP contribution in [0.25, 0.3) is 0 Å². The Morgan fingerprint density at radius 2 is 1.78 bits per heavy atom. The van der Waals surface area contributed by atoms with Crippen molar-refractivity contribution in [2.45, 2.75) is 38.9 Å². The maximum Gasteiger partial charge on any atom is 0.161 e. The molecule has 0 amide bonds. The third-order valence-corrected chi connectivity index (χ3v) is 3.05. The van der Waals surface area contributed by atoms with Gasteiger partial charge in [-0.2, -0.15) is 0 Å². The van der Waals surface area contributed by atoms with Crippen LogP contribution in [0.4, 0.5) is 4.39 Å². The molecule has 1 aliphatic rings. The van der Waals surface area contributed by atoms with Gasteiger partial charge < -0.3 is 15.2 Å². The maximum atomic E-state index is 14.3. The van der Waals surface area contributed by atoms with Crippen LogP contribution in [0.15, 0.2) is 12.1 Å². The lowest BCUT2D eigenvalue weighted by atomic mass is 9.91. The van der Waals surface area contributed by atoms with E-state index in [1.807, 2.05) is 13.0 Å². The van der Waals surface area contributed by atoms with Gasteiger partial charge in [-0.25, -0.2) is 4.39 Å². The molecular formula is C14H20FNO2. The molecule has 0 fully saturated rings. The third kappa shape index (κ3) is 2.58. The maximum absolute atomic E-state index is 14.3. The van der Waals surface area contributed by atoms with Crippen molar-refractivity contribution in [2.24, 2.45) is 5.73 Å². The number of nitrogens with two attached hydrogens (primary N) is 1. The molecule has 1 heterocycles. The quantitative estimate of drug-likeness (QED) is 0.881. The Kier molecular flexibility index (Phi) is 3.48. The van der Waals surface area contributed by atoms with Gasteiger partial charge in [0.2, 0.25) is 0 Å². The summed E-state index contributed by atoms with van der Waals surface area (Å²) in [6.45, 7) is 6.10. The molecule has 0 saturated carbocycles. The number of rotatable bonds is 2. The summed E-state index contributed by atoms with van der Waals surface area (Å²) in [5.41, 5.74) is 5.81. The molecule has 0 saturated heterocycles. The van der Waals surface area contributed by atoms with Gasteiger partial charge in [-0.3, -0.25) is 0 Å². The van der Waals surface area contributed by atoms with Crippen LogP contribution in [-0.4, -0.2) is 13.2 Å². The largest absolute Gasteiger partial charge is 0.490 e. The zero-order valence-electron chi connectivity index (χ0n) is 11.1. The summed E-state index contributed by atoms with van der Waals surface area (Å²) in [6.07, 6.45) is 0.830. The zero-order valence-corrected chi connectivity index (χ0v) is 11.1. The molecule has 1 aromatic rings. The molecule has 2 N–H and O–H groups in total. The van der Waals surface area contributed by atoms with E-state index in [2.05, 4.69) is 0 Å². The Hall–Kier alpha value is -1.29. The summed E-state index contributed by atoms with van der Waals surface area (Å²) >= 11 is 0. The highest BCUT2D eigenvalue weighted by molar-refractivity contribution is 5.50. The first-order chi connectivity index (χ1) is 8.39. The Balaban J connectivity index is 2.55. The Morgan fingerprint density at radius 1 is 1.22 bits per heavy atom. The minimum absolute atomic E-state index is 0.243. The first kappa shape index (κ1) is 13.1. The molecule has 2 rings (SSSR count). The van der Waals surface area contributed by atoms with E-state index < -0.39 is 5.67 Å². The van der Waals surface area contributed by atoms with Crippen molar-refractivity contribution in [3.05, 3.63) is 23.3 Å². The number of ether oxygens (including phenoxy) is 2. The molecule has 1 aliphatic heterocycles. The molecule has 1 unspecified atom stereocenters. The number of fused-ring (bicyclic) bond motifs is 1. The van der Waals surface area contributed by atoms with E-state index in [9.17, 15) is 4.39 Å². The second kappa shape index (κ2) is 4.76. The lowest BCUT2D eigenvalue weighted by Gasteiger charge is -2.23. The highest BCUT2D eigenvalue weighted by Gasteiger charge is 2.27. The monoisotopic (exact) mass is 253 g/mol. The highest BCUT2D eigenvalue weighted by Crippen LogP contribution is 2.39. The molecule has 18 heavy (non-hydrogen) atoms. The molecule has 3 nitrogen and oxygen atoms in total. The summed E-state index contributed by atoms with van der Waals surface area (Å²) < 4.78 is 25.5. The molecule has 100 valence electrons. The summed E-state index contributed by atoms with van der Waals surface area (Å²) in [4.78, 5) is 0. The Morgan fingerprint density at radius 3 is 2.28 bits per heavy atom. The van der Waals surface area contributed by atoms with Gasteiger partial charge in [0, 0.05) is 12.5 Å². The fraction of sp³-hybridized carbons (Fsp3) is 0.571. The van der Waals surface area contributed by atoms with Crippen LogP contribution in [0.5, 0.6) is 11.5 Å². The summed E-state index contributed by atoms with van der Waals surface area (Å²) in [5.74, 6) is 1.27. The first-order valence-corrected chi connectivity index (χ1v) is 6.28. The van der Waals surface area contributed by atoms with Crippen LogP contribution in [-0.2, 0) is 5.67 Å². The fourth-order valence-electron chi connectivity index (χ4n) is 2.12. The lowest BCUT2D eigenvalue weighted by Crippen LogP contribution is -2.17. The van der Waals surface area contributed by atoms with Crippen LogP contribution in [0.2, 0.25) is 0 Å². The van der Waals surface area contributed by atoms with E-state index in [1.165, 1.54) is 13.8 Å². The van der Waals surface area contributed by atoms with Gasteiger partial charge in [0.05, 0.1) is 13.2 Å². The molecular weight excluding hydrogens is 233 g/mol. The predicted molar refractivity (Wildman–Crippen MR) is 68.8 cm³/mol. The van der Waals surface area contributed by atoms with Gasteiger partial charge in [0.1, 0.15) is 5.67 Å². The number of hydrogen-bond acceptors (Lipinski definition) is 3. The van der Waals surface area contributed by atoms with Crippen molar-refractivity contribution in [1.82, 2.24) is 0 Å². The predicted octanol–water partition coefficient (Wildman–Crippen LogP) is 3.07. The number of halogens is 1. The molecule has 1 aromatic carbocycles. The van der Waals surface area contributed by atoms with E-state index in [0.717, 1.165) is 12.0 Å². The molecule has 0 bridgehead atoms. The smallest absolute Gasteiger partial charge is 0.161 e. The zero-order chi connectivity index (χ0) is 13.3. The average molecular weight is 253 g/mol. The van der Waals surface area contributed by atoms with Crippen LogP contribution < -0.4 is 15.2 Å². The second-order valence-corrected chi connectivity index (χ2v) is 5.20. The lowest BCUT2D eigenvalue weighted by molar-refractivity contribution is 0.217. The number of benzene rings is 1. The molecule has 4 heteroatoms. The van der Waals surface area contributed by atoms with Gasteiger partial charge in [-0.1, -0.05) is 0 Å². The highest BCUT2D eigenvalue weighted by atomic mass is 19.1.